The van der Waals surface area contributed by atoms with Crippen LogP contribution in [0.1, 0.15) is 60.3 Å². The van der Waals surface area contributed by atoms with E-state index in [-0.39, 0.29) is 12.1 Å². The molecular formula is C18H35N3O2. The minimum absolute atomic E-state index is 0.256. The van der Waals surface area contributed by atoms with Crippen LogP contribution < -0.4 is 5.32 Å². The quantitative estimate of drug-likeness (QED) is 0.866. The number of hydrogen-bond acceptors (Lipinski definition) is 4. The highest BCUT2D eigenvalue weighted by atomic mass is 16.6. The van der Waals surface area contributed by atoms with Gasteiger partial charge in [-0.1, -0.05) is 0 Å². The zero-order chi connectivity index (χ0) is 17.0. The largest absolute Gasteiger partial charge is 0.444 e. The summed E-state index contributed by atoms with van der Waals surface area (Å²) in [5.41, 5.74) is -0.425. The molecule has 1 amide bonds. The lowest BCUT2D eigenvalue weighted by molar-refractivity contribution is 0.0407. The number of carbonyl (C=O) groups excluding carboxylic acids is 1. The number of hydrogen-bond donors (Lipinski definition) is 1. The Kier molecular flexibility index (Phi) is 6.32. The van der Waals surface area contributed by atoms with Crippen molar-refractivity contribution in [3.63, 3.8) is 0 Å². The van der Waals surface area contributed by atoms with Gasteiger partial charge in [0.2, 0.25) is 0 Å². The molecule has 2 aliphatic rings. The molecule has 0 spiro atoms. The van der Waals surface area contributed by atoms with E-state index in [0.717, 1.165) is 25.9 Å². The Morgan fingerprint density at radius 1 is 1.13 bits per heavy atom. The van der Waals surface area contributed by atoms with E-state index in [1.165, 1.54) is 25.9 Å². The Balaban J connectivity index is 1.79. The SMILES string of the molecule is CC(C)N1CCN([C@@H]2CCC[C@@H](NC(=O)OC(C)(C)C)C2)CC1. The molecule has 0 aromatic carbocycles. The maximum atomic E-state index is 12.0. The topological polar surface area (TPSA) is 44.8 Å². The molecule has 134 valence electrons. The summed E-state index contributed by atoms with van der Waals surface area (Å²) in [7, 11) is 0. The number of nitrogens with one attached hydrogen (secondary N) is 1. The molecule has 1 aliphatic carbocycles. The number of alkyl carbamates (subject to hydrolysis) is 1. The summed E-state index contributed by atoms with van der Waals surface area (Å²) in [5.74, 6) is 0. The van der Waals surface area contributed by atoms with Crippen molar-refractivity contribution in [3.8, 4) is 0 Å². The number of piperazine rings is 1. The predicted octanol–water partition coefficient (Wildman–Crippen LogP) is 2.85. The zero-order valence-corrected chi connectivity index (χ0v) is 15.6. The number of ether oxygens (including phenoxy) is 1. The van der Waals surface area contributed by atoms with Gasteiger partial charge in [0.15, 0.2) is 0 Å². The maximum absolute atomic E-state index is 12.0. The van der Waals surface area contributed by atoms with Gasteiger partial charge in [-0.05, 0) is 60.3 Å². The highest BCUT2D eigenvalue weighted by Gasteiger charge is 2.30. The van der Waals surface area contributed by atoms with Gasteiger partial charge in [-0.25, -0.2) is 4.79 Å². The van der Waals surface area contributed by atoms with Crippen LogP contribution in [0.4, 0.5) is 4.79 Å². The fourth-order valence-corrected chi connectivity index (χ4v) is 3.72. The first-order valence-corrected chi connectivity index (χ1v) is 9.22. The fourth-order valence-electron chi connectivity index (χ4n) is 3.72. The van der Waals surface area contributed by atoms with E-state index in [1.54, 1.807) is 0 Å². The summed E-state index contributed by atoms with van der Waals surface area (Å²) in [5, 5.41) is 3.07. The van der Waals surface area contributed by atoms with Gasteiger partial charge in [-0.2, -0.15) is 0 Å². The number of carbonyl (C=O) groups is 1. The molecule has 0 unspecified atom stereocenters. The maximum Gasteiger partial charge on any atom is 0.407 e. The van der Waals surface area contributed by atoms with Crippen LogP contribution in [0.15, 0.2) is 0 Å². The van der Waals surface area contributed by atoms with Crippen LogP contribution in [0.25, 0.3) is 0 Å². The monoisotopic (exact) mass is 325 g/mol. The number of rotatable bonds is 3. The number of nitrogens with zero attached hydrogens (tertiary/aromatic N) is 2. The minimum atomic E-state index is -0.425. The van der Waals surface area contributed by atoms with E-state index < -0.39 is 5.60 Å². The van der Waals surface area contributed by atoms with Gasteiger partial charge < -0.3 is 10.1 Å². The summed E-state index contributed by atoms with van der Waals surface area (Å²) >= 11 is 0. The lowest BCUT2D eigenvalue weighted by atomic mass is 9.89. The molecule has 2 atom stereocenters. The van der Waals surface area contributed by atoms with Crippen molar-refractivity contribution in [1.82, 2.24) is 15.1 Å². The van der Waals surface area contributed by atoms with Crippen LogP contribution in [0.2, 0.25) is 0 Å². The van der Waals surface area contributed by atoms with Crippen LogP contribution in [-0.2, 0) is 4.74 Å². The average Bonchev–Trinajstić information content (AvgIpc) is 2.45. The summed E-state index contributed by atoms with van der Waals surface area (Å²) in [6, 6.07) is 1.51. The van der Waals surface area contributed by atoms with Gasteiger partial charge in [0.05, 0.1) is 0 Å². The lowest BCUT2D eigenvalue weighted by Crippen LogP contribution is -2.54. The predicted molar refractivity (Wildman–Crippen MR) is 93.7 cm³/mol. The second-order valence-electron chi connectivity index (χ2n) is 8.33. The summed E-state index contributed by atoms with van der Waals surface area (Å²) in [6.45, 7) is 14.9. The Labute approximate surface area is 141 Å². The van der Waals surface area contributed by atoms with Crippen molar-refractivity contribution >= 4 is 6.09 Å². The summed E-state index contributed by atoms with van der Waals surface area (Å²) < 4.78 is 5.39. The highest BCUT2D eigenvalue weighted by Crippen LogP contribution is 2.25. The molecule has 5 heteroatoms. The highest BCUT2D eigenvalue weighted by molar-refractivity contribution is 5.68. The van der Waals surface area contributed by atoms with E-state index >= 15 is 0 Å². The van der Waals surface area contributed by atoms with Crippen molar-refractivity contribution < 1.29 is 9.53 Å². The molecule has 23 heavy (non-hydrogen) atoms. The Morgan fingerprint density at radius 2 is 1.78 bits per heavy atom. The van der Waals surface area contributed by atoms with Crippen LogP contribution >= 0.6 is 0 Å². The van der Waals surface area contributed by atoms with Gasteiger partial charge in [-0.15, -0.1) is 0 Å². The van der Waals surface area contributed by atoms with Gasteiger partial charge in [0.1, 0.15) is 5.60 Å². The molecule has 0 radical (unpaired) electrons. The first-order chi connectivity index (χ1) is 10.7. The Bertz CT molecular complexity index is 384. The first-order valence-electron chi connectivity index (χ1n) is 9.22. The van der Waals surface area contributed by atoms with Gasteiger partial charge in [0, 0.05) is 44.3 Å². The third-order valence-corrected chi connectivity index (χ3v) is 4.96. The zero-order valence-electron chi connectivity index (χ0n) is 15.6. The molecule has 1 saturated carbocycles. The third kappa shape index (κ3) is 5.96. The van der Waals surface area contributed by atoms with E-state index in [2.05, 4.69) is 29.0 Å². The standard InChI is InChI=1S/C18H35N3O2/c1-14(2)20-9-11-21(12-10-20)16-8-6-7-15(13-16)19-17(22)23-18(3,4)5/h14-16H,6-13H2,1-5H3,(H,19,22)/t15-,16-/m1/s1. The molecule has 2 rings (SSSR count). The molecule has 1 aliphatic heterocycles. The van der Waals surface area contributed by atoms with Crippen LogP contribution in [0, 0.1) is 0 Å². The molecule has 0 aromatic heterocycles. The van der Waals surface area contributed by atoms with E-state index in [0.29, 0.717) is 12.1 Å². The van der Waals surface area contributed by atoms with Crippen molar-refractivity contribution in [3.05, 3.63) is 0 Å². The molecule has 0 aromatic rings. The summed E-state index contributed by atoms with van der Waals surface area (Å²) in [4.78, 5) is 17.2. The summed E-state index contributed by atoms with van der Waals surface area (Å²) in [6.07, 6.45) is 4.31. The minimum Gasteiger partial charge on any atom is -0.444 e. The van der Waals surface area contributed by atoms with Crippen LogP contribution in [-0.4, -0.2) is 65.8 Å². The normalized spacial score (nSPS) is 27.9. The van der Waals surface area contributed by atoms with E-state index in [4.69, 9.17) is 4.74 Å². The van der Waals surface area contributed by atoms with Gasteiger partial charge in [-0.3, -0.25) is 9.80 Å². The average molecular weight is 325 g/mol. The molecule has 1 N–H and O–H groups in total. The van der Waals surface area contributed by atoms with Crippen molar-refractivity contribution in [2.75, 3.05) is 26.2 Å². The fraction of sp³-hybridized carbons (Fsp3) is 0.944. The Hall–Kier alpha value is -0.810. The smallest absolute Gasteiger partial charge is 0.407 e. The molecule has 1 heterocycles. The van der Waals surface area contributed by atoms with Crippen LogP contribution in [0.3, 0.4) is 0 Å². The van der Waals surface area contributed by atoms with E-state index in [1.807, 2.05) is 20.8 Å². The van der Waals surface area contributed by atoms with Gasteiger partial charge >= 0.3 is 6.09 Å². The van der Waals surface area contributed by atoms with Crippen LogP contribution in [0.5, 0.6) is 0 Å². The lowest BCUT2D eigenvalue weighted by Gasteiger charge is -2.43. The second kappa shape index (κ2) is 7.84. The van der Waals surface area contributed by atoms with Gasteiger partial charge in [0.25, 0.3) is 0 Å². The molecular weight excluding hydrogens is 290 g/mol. The van der Waals surface area contributed by atoms with E-state index in [9.17, 15) is 4.79 Å². The van der Waals surface area contributed by atoms with Crippen molar-refractivity contribution in [2.24, 2.45) is 0 Å². The molecule has 5 nitrogen and oxygen atoms in total. The van der Waals surface area contributed by atoms with Crippen molar-refractivity contribution in [2.45, 2.75) is 84.0 Å². The molecule has 0 bridgehead atoms. The second-order valence-corrected chi connectivity index (χ2v) is 8.33. The molecule has 2 fully saturated rings. The first kappa shape index (κ1) is 18.5. The van der Waals surface area contributed by atoms with Crippen molar-refractivity contribution in [1.29, 1.82) is 0 Å². The molecule has 1 saturated heterocycles. The Morgan fingerprint density at radius 3 is 2.35 bits per heavy atom. The third-order valence-electron chi connectivity index (χ3n) is 4.96. The number of amides is 1.